The van der Waals surface area contributed by atoms with E-state index >= 15 is 0 Å². The molecule has 0 saturated heterocycles. The SMILES string of the molecule is [B]c1ccc2[nH]c(C(C)(C)C)cc2c1. The normalized spacial score (nSPS) is 12.2. The molecule has 1 N–H and O–H groups in total. The van der Waals surface area contributed by atoms with Crippen LogP contribution in [0.25, 0.3) is 10.9 Å². The Morgan fingerprint density at radius 3 is 2.50 bits per heavy atom. The highest BCUT2D eigenvalue weighted by molar-refractivity contribution is 6.33. The number of aromatic nitrogens is 1. The first-order chi connectivity index (χ1) is 6.47. The van der Waals surface area contributed by atoms with Crippen LogP contribution in [0.2, 0.25) is 0 Å². The summed E-state index contributed by atoms with van der Waals surface area (Å²) in [7, 11) is 5.73. The quantitative estimate of drug-likeness (QED) is 0.603. The topological polar surface area (TPSA) is 15.8 Å². The maximum Gasteiger partial charge on any atom is 0.113 e. The van der Waals surface area contributed by atoms with Gasteiger partial charge < -0.3 is 4.98 Å². The van der Waals surface area contributed by atoms with Crippen LogP contribution in [0.15, 0.2) is 24.3 Å². The second kappa shape index (κ2) is 2.91. The van der Waals surface area contributed by atoms with E-state index in [9.17, 15) is 0 Å². The molecule has 14 heavy (non-hydrogen) atoms. The highest BCUT2D eigenvalue weighted by Crippen LogP contribution is 2.24. The lowest BCUT2D eigenvalue weighted by atomic mass is 9.92. The first kappa shape index (κ1) is 9.38. The molecule has 2 aromatic rings. The van der Waals surface area contributed by atoms with Crippen molar-refractivity contribution in [2.45, 2.75) is 26.2 Å². The van der Waals surface area contributed by atoms with Gasteiger partial charge in [0.2, 0.25) is 0 Å². The van der Waals surface area contributed by atoms with Gasteiger partial charge in [-0.15, -0.1) is 0 Å². The second-order valence-electron chi connectivity index (χ2n) is 4.78. The van der Waals surface area contributed by atoms with Gasteiger partial charge in [-0.2, -0.15) is 0 Å². The monoisotopic (exact) mass is 183 g/mol. The van der Waals surface area contributed by atoms with Gasteiger partial charge in [-0.05, 0) is 17.5 Å². The number of nitrogens with one attached hydrogen (secondary N) is 1. The van der Waals surface area contributed by atoms with E-state index in [4.69, 9.17) is 7.85 Å². The molecule has 0 atom stereocenters. The summed E-state index contributed by atoms with van der Waals surface area (Å²) >= 11 is 0. The van der Waals surface area contributed by atoms with Gasteiger partial charge in [-0.25, -0.2) is 0 Å². The number of hydrogen-bond acceptors (Lipinski definition) is 0. The number of rotatable bonds is 0. The number of aromatic amines is 1. The molecule has 0 aliphatic heterocycles. The van der Waals surface area contributed by atoms with Crippen LogP contribution in [0.3, 0.4) is 0 Å². The van der Waals surface area contributed by atoms with E-state index in [0.29, 0.717) is 0 Å². The Labute approximate surface area is 85.9 Å². The molecule has 70 valence electrons. The van der Waals surface area contributed by atoms with Crippen LogP contribution < -0.4 is 5.46 Å². The van der Waals surface area contributed by atoms with Crippen molar-refractivity contribution in [1.82, 2.24) is 4.98 Å². The van der Waals surface area contributed by atoms with Crippen molar-refractivity contribution >= 4 is 24.2 Å². The van der Waals surface area contributed by atoms with E-state index in [0.717, 1.165) is 11.0 Å². The van der Waals surface area contributed by atoms with E-state index in [1.807, 2.05) is 18.2 Å². The van der Waals surface area contributed by atoms with Gasteiger partial charge in [0.15, 0.2) is 0 Å². The van der Waals surface area contributed by atoms with Crippen molar-refractivity contribution in [3.8, 4) is 0 Å². The first-order valence-electron chi connectivity index (χ1n) is 4.85. The van der Waals surface area contributed by atoms with Crippen LogP contribution in [0.5, 0.6) is 0 Å². The Morgan fingerprint density at radius 1 is 1.14 bits per heavy atom. The fraction of sp³-hybridized carbons (Fsp3) is 0.333. The fourth-order valence-electron chi connectivity index (χ4n) is 1.56. The summed E-state index contributed by atoms with van der Waals surface area (Å²) in [4.78, 5) is 3.41. The lowest BCUT2D eigenvalue weighted by Crippen LogP contribution is -2.10. The van der Waals surface area contributed by atoms with Crippen molar-refractivity contribution in [3.63, 3.8) is 0 Å². The van der Waals surface area contributed by atoms with Gasteiger partial charge in [0.25, 0.3) is 0 Å². The van der Waals surface area contributed by atoms with E-state index in [1.165, 1.54) is 11.1 Å². The molecule has 0 bridgehead atoms. The summed E-state index contributed by atoms with van der Waals surface area (Å²) in [6.07, 6.45) is 0. The van der Waals surface area contributed by atoms with Crippen LogP contribution in [-0.4, -0.2) is 12.8 Å². The Balaban J connectivity index is 2.63. The number of benzene rings is 1. The molecule has 0 aliphatic rings. The average Bonchev–Trinajstić information content (AvgIpc) is 2.45. The minimum Gasteiger partial charge on any atom is -0.358 e. The molecule has 1 nitrogen and oxygen atoms in total. The van der Waals surface area contributed by atoms with Crippen LogP contribution >= 0.6 is 0 Å². The third-order valence-corrected chi connectivity index (χ3v) is 2.45. The molecular formula is C12H14BN. The maximum absolute atomic E-state index is 5.73. The van der Waals surface area contributed by atoms with Crippen molar-refractivity contribution in [2.75, 3.05) is 0 Å². The van der Waals surface area contributed by atoms with Gasteiger partial charge in [-0.3, -0.25) is 0 Å². The van der Waals surface area contributed by atoms with Gasteiger partial charge in [0, 0.05) is 16.6 Å². The van der Waals surface area contributed by atoms with Crippen molar-refractivity contribution in [3.05, 3.63) is 30.0 Å². The summed E-state index contributed by atoms with van der Waals surface area (Å²) in [5, 5.41) is 1.19. The summed E-state index contributed by atoms with van der Waals surface area (Å²) in [5.74, 6) is 0. The summed E-state index contributed by atoms with van der Waals surface area (Å²) in [5.41, 5.74) is 3.38. The third-order valence-electron chi connectivity index (χ3n) is 2.45. The smallest absolute Gasteiger partial charge is 0.113 e. The molecule has 0 saturated carbocycles. The molecule has 1 aromatic carbocycles. The highest BCUT2D eigenvalue weighted by atomic mass is 14.7. The summed E-state index contributed by atoms with van der Waals surface area (Å²) in [6, 6.07) is 8.12. The molecule has 2 rings (SSSR count). The van der Waals surface area contributed by atoms with E-state index in [-0.39, 0.29) is 5.41 Å². The van der Waals surface area contributed by atoms with Crippen LogP contribution in [0, 0.1) is 0 Å². The fourth-order valence-corrected chi connectivity index (χ4v) is 1.56. The van der Waals surface area contributed by atoms with E-state index in [1.54, 1.807) is 0 Å². The van der Waals surface area contributed by atoms with Gasteiger partial charge in [0.1, 0.15) is 7.85 Å². The zero-order valence-corrected chi connectivity index (χ0v) is 8.89. The average molecular weight is 183 g/mol. The maximum atomic E-state index is 5.73. The Morgan fingerprint density at radius 2 is 1.86 bits per heavy atom. The molecule has 0 aliphatic carbocycles. The molecule has 0 amide bonds. The summed E-state index contributed by atoms with van der Waals surface area (Å²) in [6.45, 7) is 6.59. The van der Waals surface area contributed by atoms with E-state index in [2.05, 4.69) is 31.8 Å². The van der Waals surface area contributed by atoms with Gasteiger partial charge in [0.05, 0.1) is 0 Å². The van der Waals surface area contributed by atoms with Gasteiger partial charge in [-0.1, -0.05) is 38.4 Å². The minimum atomic E-state index is 0.160. The summed E-state index contributed by atoms with van der Waals surface area (Å²) < 4.78 is 0. The molecule has 0 spiro atoms. The van der Waals surface area contributed by atoms with Crippen molar-refractivity contribution in [2.24, 2.45) is 0 Å². The molecule has 2 heteroatoms. The largest absolute Gasteiger partial charge is 0.358 e. The third kappa shape index (κ3) is 1.57. The second-order valence-corrected chi connectivity index (χ2v) is 4.78. The molecule has 1 aromatic heterocycles. The lowest BCUT2D eigenvalue weighted by Gasteiger charge is -2.15. The Kier molecular flexibility index (Phi) is 1.95. The Hall–Kier alpha value is -1.18. The van der Waals surface area contributed by atoms with Crippen LogP contribution in [0.1, 0.15) is 26.5 Å². The van der Waals surface area contributed by atoms with E-state index < -0.39 is 0 Å². The van der Waals surface area contributed by atoms with Crippen molar-refractivity contribution < 1.29 is 0 Å². The number of H-pyrrole nitrogens is 1. The molecule has 0 fully saturated rings. The Bertz CT molecular complexity index is 463. The minimum absolute atomic E-state index is 0.160. The zero-order valence-electron chi connectivity index (χ0n) is 8.89. The zero-order chi connectivity index (χ0) is 10.3. The van der Waals surface area contributed by atoms with Gasteiger partial charge >= 0.3 is 0 Å². The number of hydrogen-bond donors (Lipinski definition) is 1. The molecule has 0 unspecified atom stereocenters. The molecule has 1 heterocycles. The standard InChI is InChI=1S/C12H14BN/c1-12(2,3)11-7-8-6-9(13)4-5-10(8)14-11/h4-7,14H,1-3H3. The molecule has 2 radical (unpaired) electrons. The predicted molar refractivity (Wildman–Crippen MR) is 62.4 cm³/mol. The van der Waals surface area contributed by atoms with Crippen LogP contribution in [0.4, 0.5) is 0 Å². The van der Waals surface area contributed by atoms with Crippen LogP contribution in [-0.2, 0) is 5.41 Å². The molecular weight excluding hydrogens is 169 g/mol. The highest BCUT2D eigenvalue weighted by Gasteiger charge is 2.15. The number of fused-ring (bicyclic) bond motifs is 1. The van der Waals surface area contributed by atoms with Crippen molar-refractivity contribution in [1.29, 1.82) is 0 Å². The lowest BCUT2D eigenvalue weighted by molar-refractivity contribution is 0.574. The first-order valence-corrected chi connectivity index (χ1v) is 4.85. The predicted octanol–water partition coefficient (Wildman–Crippen LogP) is 2.26.